The third kappa shape index (κ3) is 3.78. The van der Waals surface area contributed by atoms with Crippen LogP contribution in [0.3, 0.4) is 0 Å². The number of rotatable bonds is 7. The molecular weight excluding hydrogens is 344 g/mol. The van der Waals surface area contributed by atoms with Gasteiger partial charge in [0.05, 0.1) is 37.2 Å². The van der Waals surface area contributed by atoms with Crippen LogP contribution in [0.2, 0.25) is 0 Å². The summed E-state index contributed by atoms with van der Waals surface area (Å²) in [5.41, 5.74) is 3.84. The highest BCUT2D eigenvalue weighted by molar-refractivity contribution is 5.95. The number of aryl methyl sites for hydroxylation is 1. The molecule has 1 N–H and O–H groups in total. The van der Waals surface area contributed by atoms with Crippen molar-refractivity contribution in [3.63, 3.8) is 0 Å². The van der Waals surface area contributed by atoms with Crippen LogP contribution in [0, 0.1) is 6.92 Å². The van der Waals surface area contributed by atoms with Crippen LogP contribution in [0.1, 0.15) is 29.4 Å². The van der Waals surface area contributed by atoms with Crippen LogP contribution in [0.4, 0.5) is 0 Å². The number of hydrogen-bond donors (Lipinski definition) is 1. The number of carbonyl (C=O) groups is 1. The largest absolute Gasteiger partial charge is 0.497 e. The Kier molecular flexibility index (Phi) is 5.71. The summed E-state index contributed by atoms with van der Waals surface area (Å²) < 4.78 is 12.0. The van der Waals surface area contributed by atoms with Gasteiger partial charge in [0.2, 0.25) is 0 Å². The Bertz CT molecular complexity index is 934. The maximum Gasteiger partial charge on any atom is 0.254 e. The summed E-state index contributed by atoms with van der Waals surface area (Å²) in [6.45, 7) is 4.35. The first-order valence-electron chi connectivity index (χ1n) is 8.86. The van der Waals surface area contributed by atoms with E-state index in [1.807, 2.05) is 38.1 Å². The van der Waals surface area contributed by atoms with E-state index in [2.05, 4.69) is 15.4 Å². The quantitative estimate of drug-likeness (QED) is 0.694. The maximum atomic E-state index is 12.6. The van der Waals surface area contributed by atoms with Gasteiger partial charge in [-0.2, -0.15) is 5.10 Å². The van der Waals surface area contributed by atoms with Crippen molar-refractivity contribution in [3.8, 4) is 16.9 Å². The summed E-state index contributed by atoms with van der Waals surface area (Å²) in [4.78, 5) is 17.1. The third-order valence-corrected chi connectivity index (χ3v) is 4.61. The van der Waals surface area contributed by atoms with Crippen molar-refractivity contribution in [1.29, 1.82) is 0 Å². The number of carbonyl (C=O) groups excluding carboxylic acids is 1. The molecule has 3 rings (SSSR count). The molecule has 0 aliphatic heterocycles. The normalized spacial score (nSPS) is 12.1. The first-order valence-corrected chi connectivity index (χ1v) is 8.86. The minimum atomic E-state index is -0.174. The number of benzene rings is 1. The van der Waals surface area contributed by atoms with E-state index in [0.29, 0.717) is 17.8 Å². The highest BCUT2D eigenvalue weighted by Gasteiger charge is 2.18. The average molecular weight is 368 g/mol. The van der Waals surface area contributed by atoms with E-state index in [4.69, 9.17) is 9.47 Å². The van der Waals surface area contributed by atoms with Crippen LogP contribution in [0.15, 0.2) is 36.7 Å². The highest BCUT2D eigenvalue weighted by atomic mass is 16.5. The van der Waals surface area contributed by atoms with E-state index >= 15 is 0 Å². The fourth-order valence-corrected chi connectivity index (χ4v) is 2.97. The van der Waals surface area contributed by atoms with E-state index in [1.54, 1.807) is 31.1 Å². The standard InChI is InChI=1S/C20H24N4O3/c1-5-15(12-26-3)23-20(25)17-10-21-19-18(11-22-24(19)13(17)2)14-6-8-16(27-4)9-7-14/h6-11,15H,5,12H2,1-4H3,(H,23,25). The molecule has 142 valence electrons. The summed E-state index contributed by atoms with van der Waals surface area (Å²) in [6.07, 6.45) is 4.16. The molecule has 0 saturated heterocycles. The minimum Gasteiger partial charge on any atom is -0.497 e. The molecule has 2 heterocycles. The molecule has 0 saturated carbocycles. The maximum absolute atomic E-state index is 12.6. The summed E-state index contributed by atoms with van der Waals surface area (Å²) in [5.74, 6) is 0.618. The summed E-state index contributed by atoms with van der Waals surface area (Å²) >= 11 is 0. The molecule has 2 aromatic heterocycles. The molecule has 1 atom stereocenters. The molecule has 0 bridgehead atoms. The Hall–Kier alpha value is -2.93. The Balaban J connectivity index is 1.93. The Morgan fingerprint density at radius 2 is 1.96 bits per heavy atom. The van der Waals surface area contributed by atoms with Crippen molar-refractivity contribution in [1.82, 2.24) is 19.9 Å². The SMILES string of the molecule is CCC(COC)NC(=O)c1cnc2c(-c3ccc(OC)cc3)cnn2c1C. The van der Waals surface area contributed by atoms with Crippen molar-refractivity contribution in [2.75, 3.05) is 20.8 Å². The zero-order valence-electron chi connectivity index (χ0n) is 16.0. The van der Waals surface area contributed by atoms with Crippen molar-refractivity contribution in [2.45, 2.75) is 26.3 Å². The second-order valence-corrected chi connectivity index (χ2v) is 6.31. The molecule has 7 heteroatoms. The van der Waals surface area contributed by atoms with E-state index in [-0.39, 0.29) is 11.9 Å². The molecule has 0 radical (unpaired) electrons. The molecular formula is C20H24N4O3. The summed E-state index contributed by atoms with van der Waals surface area (Å²) in [5, 5.41) is 7.42. The highest BCUT2D eigenvalue weighted by Crippen LogP contribution is 2.26. The van der Waals surface area contributed by atoms with Crippen LogP contribution >= 0.6 is 0 Å². The fourth-order valence-electron chi connectivity index (χ4n) is 2.97. The van der Waals surface area contributed by atoms with Gasteiger partial charge >= 0.3 is 0 Å². The van der Waals surface area contributed by atoms with Gasteiger partial charge in [0.1, 0.15) is 5.75 Å². The third-order valence-electron chi connectivity index (χ3n) is 4.61. The molecule has 0 spiro atoms. The number of nitrogens with zero attached hydrogens (tertiary/aromatic N) is 3. The molecule has 1 unspecified atom stereocenters. The fraction of sp³-hybridized carbons (Fsp3) is 0.350. The predicted molar refractivity (Wildman–Crippen MR) is 103 cm³/mol. The minimum absolute atomic E-state index is 0.0370. The van der Waals surface area contributed by atoms with Gasteiger partial charge in [0.25, 0.3) is 5.91 Å². The second kappa shape index (κ2) is 8.18. The van der Waals surface area contributed by atoms with E-state index in [0.717, 1.165) is 29.0 Å². The first-order chi connectivity index (χ1) is 13.1. The van der Waals surface area contributed by atoms with Gasteiger partial charge in [-0.15, -0.1) is 0 Å². The molecule has 0 aliphatic rings. The van der Waals surface area contributed by atoms with Crippen LogP contribution in [-0.4, -0.2) is 47.4 Å². The van der Waals surface area contributed by atoms with Gasteiger partial charge in [-0.05, 0) is 31.0 Å². The van der Waals surface area contributed by atoms with Gasteiger partial charge in [0.15, 0.2) is 5.65 Å². The number of ether oxygens (including phenoxy) is 2. The Morgan fingerprint density at radius 3 is 2.59 bits per heavy atom. The first kappa shape index (κ1) is 18.8. The number of fused-ring (bicyclic) bond motifs is 1. The second-order valence-electron chi connectivity index (χ2n) is 6.31. The monoisotopic (exact) mass is 368 g/mol. The van der Waals surface area contributed by atoms with Crippen molar-refractivity contribution < 1.29 is 14.3 Å². The van der Waals surface area contributed by atoms with E-state index < -0.39 is 0 Å². The number of aromatic nitrogens is 3. The lowest BCUT2D eigenvalue weighted by molar-refractivity contribution is 0.0893. The lowest BCUT2D eigenvalue weighted by atomic mass is 10.1. The molecule has 27 heavy (non-hydrogen) atoms. The van der Waals surface area contributed by atoms with Gasteiger partial charge in [-0.1, -0.05) is 19.1 Å². The average Bonchev–Trinajstić information content (AvgIpc) is 3.13. The van der Waals surface area contributed by atoms with Crippen molar-refractivity contribution >= 4 is 11.6 Å². The molecule has 1 aromatic carbocycles. The van der Waals surface area contributed by atoms with Crippen LogP contribution < -0.4 is 10.1 Å². The van der Waals surface area contributed by atoms with Crippen molar-refractivity contribution in [3.05, 3.63) is 47.9 Å². The van der Waals surface area contributed by atoms with E-state index in [1.165, 1.54) is 0 Å². The topological polar surface area (TPSA) is 77.8 Å². The Morgan fingerprint density at radius 1 is 1.22 bits per heavy atom. The zero-order chi connectivity index (χ0) is 19.4. The van der Waals surface area contributed by atoms with Crippen LogP contribution in [-0.2, 0) is 4.74 Å². The number of amides is 1. The molecule has 1 amide bonds. The Labute approximate surface area is 158 Å². The van der Waals surface area contributed by atoms with Crippen LogP contribution in [0.25, 0.3) is 16.8 Å². The van der Waals surface area contributed by atoms with Gasteiger partial charge in [0, 0.05) is 18.9 Å². The van der Waals surface area contributed by atoms with Crippen LogP contribution in [0.5, 0.6) is 5.75 Å². The lowest BCUT2D eigenvalue weighted by Gasteiger charge is -2.16. The molecule has 0 aliphatic carbocycles. The van der Waals surface area contributed by atoms with Gasteiger partial charge in [-0.25, -0.2) is 9.50 Å². The van der Waals surface area contributed by atoms with Gasteiger partial charge in [-0.3, -0.25) is 4.79 Å². The van der Waals surface area contributed by atoms with E-state index in [9.17, 15) is 4.79 Å². The number of hydrogen-bond acceptors (Lipinski definition) is 5. The lowest BCUT2D eigenvalue weighted by Crippen LogP contribution is -2.38. The molecule has 0 fully saturated rings. The smallest absolute Gasteiger partial charge is 0.254 e. The molecule has 3 aromatic rings. The number of nitrogens with one attached hydrogen (secondary N) is 1. The van der Waals surface area contributed by atoms with Gasteiger partial charge < -0.3 is 14.8 Å². The summed E-state index contributed by atoms with van der Waals surface area (Å²) in [7, 11) is 3.26. The molecule has 7 nitrogen and oxygen atoms in total. The summed E-state index contributed by atoms with van der Waals surface area (Å²) in [6, 6.07) is 7.68. The predicted octanol–water partition coefficient (Wildman–Crippen LogP) is 2.87. The van der Waals surface area contributed by atoms with Crippen molar-refractivity contribution in [2.24, 2.45) is 0 Å². The zero-order valence-corrected chi connectivity index (χ0v) is 16.0. The number of methoxy groups -OCH3 is 2.